The molecule has 0 aliphatic rings. The Bertz CT molecular complexity index is 1140. The molecule has 0 saturated carbocycles. The van der Waals surface area contributed by atoms with Crippen LogP contribution < -0.4 is 40.0 Å². The van der Waals surface area contributed by atoms with Gasteiger partial charge in [-0.25, -0.2) is 0 Å². The molecule has 0 aromatic heterocycles. The van der Waals surface area contributed by atoms with Crippen molar-refractivity contribution in [2.45, 2.75) is 11.8 Å². The number of carbonyl (C=O) groups excluding carboxylic acids is 1. The number of non-ortho nitro benzene ring substituents is 1. The number of nitrogens with one attached hydrogen (secondary N) is 1. The van der Waals surface area contributed by atoms with Crippen LogP contribution in [0, 0.1) is 10.1 Å². The number of amides is 1. The van der Waals surface area contributed by atoms with Crippen LogP contribution in [-0.2, 0) is 32.3 Å². The molecule has 3 N–H and O–H groups in total. The van der Waals surface area contributed by atoms with E-state index < -0.39 is 54.4 Å². The van der Waals surface area contributed by atoms with Crippen molar-refractivity contribution in [2.24, 2.45) is 10.2 Å². The molecule has 1 amide bonds. The van der Waals surface area contributed by atoms with E-state index in [4.69, 9.17) is 4.55 Å². The Morgan fingerprint density at radius 1 is 1.19 bits per heavy atom. The van der Waals surface area contributed by atoms with E-state index in [9.17, 15) is 33.5 Å². The number of carbonyl (C=O) groups is 1. The first-order chi connectivity index (χ1) is 13.5. The average Bonchev–Trinajstić information content (AvgIpc) is 2.62. The third-order valence-electron chi connectivity index (χ3n) is 3.37. The molecular formula is C16H13CrN4NaO8S. The summed E-state index contributed by atoms with van der Waals surface area (Å²) in [5, 5.41) is 41.8. The van der Waals surface area contributed by atoms with Gasteiger partial charge in [-0.3, -0.25) is 19.5 Å². The van der Waals surface area contributed by atoms with Gasteiger partial charge in [-0.1, -0.05) is 25.1 Å². The van der Waals surface area contributed by atoms with Crippen LogP contribution >= 0.6 is 0 Å². The number of para-hydroxylation sites is 1. The van der Waals surface area contributed by atoms with Gasteiger partial charge in [0.2, 0.25) is 0 Å². The maximum absolute atomic E-state index is 12.2. The maximum atomic E-state index is 12.2. The Kier molecular flexibility index (Phi) is 11.0. The van der Waals surface area contributed by atoms with Gasteiger partial charge in [0.1, 0.15) is 16.3 Å². The van der Waals surface area contributed by atoms with Crippen LogP contribution in [0.15, 0.2) is 69.0 Å². The van der Waals surface area contributed by atoms with Gasteiger partial charge in [0.05, 0.1) is 4.92 Å². The van der Waals surface area contributed by atoms with Crippen LogP contribution in [0.1, 0.15) is 6.92 Å². The summed E-state index contributed by atoms with van der Waals surface area (Å²) in [6, 6.07) is 9.10. The SMILES string of the molecule is C/C([O-])=C(/N=Nc1cc([N+](=O)[O-])cc(S(=O)(=O)O)c1O)C(=O)Nc1ccccc1.[Cr].[Na+]. The number of anilines is 1. The third kappa shape index (κ3) is 7.71. The number of hydrogen-bond acceptors (Lipinski definition) is 9. The van der Waals surface area contributed by atoms with Gasteiger partial charge < -0.3 is 15.5 Å². The Morgan fingerprint density at radius 2 is 1.77 bits per heavy atom. The van der Waals surface area contributed by atoms with E-state index in [1.165, 1.54) is 12.1 Å². The number of phenols is 1. The zero-order valence-corrected chi connectivity index (χ0v) is 20.1. The van der Waals surface area contributed by atoms with Crippen LogP contribution in [0.2, 0.25) is 0 Å². The van der Waals surface area contributed by atoms with E-state index in [0.717, 1.165) is 6.92 Å². The molecule has 12 nitrogen and oxygen atoms in total. The number of phenolic OH excluding ortho intramolecular Hbond substituents is 1. The normalized spacial score (nSPS) is 11.7. The van der Waals surface area contributed by atoms with Crippen molar-refractivity contribution in [2.75, 3.05) is 5.32 Å². The summed E-state index contributed by atoms with van der Waals surface area (Å²) < 4.78 is 31.7. The number of allylic oxidation sites excluding steroid dienone is 1. The van der Waals surface area contributed by atoms with Crippen molar-refractivity contribution in [1.82, 2.24) is 0 Å². The van der Waals surface area contributed by atoms with Crippen molar-refractivity contribution in [3.05, 3.63) is 64.0 Å². The van der Waals surface area contributed by atoms with E-state index >= 15 is 0 Å². The summed E-state index contributed by atoms with van der Waals surface area (Å²) >= 11 is 0. The number of nitrogens with zero attached hydrogens (tertiary/aromatic N) is 3. The molecule has 0 bridgehead atoms. The molecule has 0 saturated heterocycles. The molecule has 0 aliphatic carbocycles. The number of nitro benzene ring substituents is 1. The molecule has 15 heteroatoms. The number of hydrogen-bond donors (Lipinski definition) is 3. The monoisotopic (exact) mass is 496 g/mol. The molecule has 0 atom stereocenters. The first kappa shape index (κ1) is 28.7. The molecule has 31 heavy (non-hydrogen) atoms. The van der Waals surface area contributed by atoms with Crippen LogP contribution in [0.3, 0.4) is 0 Å². The van der Waals surface area contributed by atoms with Crippen LogP contribution in [0.5, 0.6) is 5.75 Å². The van der Waals surface area contributed by atoms with Gasteiger partial charge in [-0.05, 0) is 12.1 Å². The second kappa shape index (κ2) is 11.9. The smallest absolute Gasteiger partial charge is 0.874 e. The molecular weight excluding hydrogens is 483 g/mol. The molecule has 2 aromatic carbocycles. The van der Waals surface area contributed by atoms with Crippen molar-refractivity contribution in [3.63, 3.8) is 0 Å². The first-order valence-electron chi connectivity index (χ1n) is 7.65. The maximum Gasteiger partial charge on any atom is 1.00 e. The quantitative estimate of drug-likeness (QED) is 0.0849. The molecule has 0 spiro atoms. The fourth-order valence-corrected chi connectivity index (χ4v) is 2.67. The van der Waals surface area contributed by atoms with Crippen molar-refractivity contribution >= 4 is 33.1 Å². The van der Waals surface area contributed by atoms with Crippen LogP contribution in [-0.4, -0.2) is 28.9 Å². The van der Waals surface area contributed by atoms with E-state index in [2.05, 4.69) is 15.5 Å². The second-order valence-corrected chi connectivity index (χ2v) is 6.86. The van der Waals surface area contributed by atoms with Crippen LogP contribution in [0.25, 0.3) is 0 Å². The summed E-state index contributed by atoms with van der Waals surface area (Å²) in [4.78, 5) is 21.0. The fraction of sp³-hybridized carbons (Fsp3) is 0.0625. The van der Waals surface area contributed by atoms with Crippen molar-refractivity contribution in [1.29, 1.82) is 0 Å². The van der Waals surface area contributed by atoms with Gasteiger partial charge >= 0.3 is 29.6 Å². The molecule has 0 aliphatic heterocycles. The predicted molar refractivity (Wildman–Crippen MR) is 96.9 cm³/mol. The zero-order chi connectivity index (χ0) is 21.8. The van der Waals surface area contributed by atoms with Gasteiger partial charge in [0, 0.05) is 35.2 Å². The van der Waals surface area contributed by atoms with Gasteiger partial charge in [0.15, 0.2) is 5.75 Å². The Balaban J connectivity index is 0.00000450. The molecule has 158 valence electrons. The molecule has 2 rings (SSSR count). The minimum atomic E-state index is -5.03. The minimum Gasteiger partial charge on any atom is -0.874 e. The average molecular weight is 496 g/mol. The number of nitro groups is 1. The summed E-state index contributed by atoms with van der Waals surface area (Å²) in [6.45, 7) is 1.01. The molecule has 0 unspecified atom stereocenters. The zero-order valence-electron chi connectivity index (χ0n) is 16.0. The molecule has 0 heterocycles. The van der Waals surface area contributed by atoms with Gasteiger partial charge in [-0.15, -0.1) is 16.0 Å². The number of azo groups is 1. The Labute approximate surface area is 209 Å². The standard InChI is InChI=1S/C16H14N4O8S.Cr.Na/c1-9(21)14(16(23)17-10-5-3-2-4-6-10)19-18-12-7-11(20(24)25)8-13(15(12)22)29(26,27)28;;/h2-8,21-22H,1H3,(H,17,23)(H,26,27,28);;/q;;+1/p-1/b14-9-,19-18?;;. The first-order valence-corrected chi connectivity index (χ1v) is 9.09. The van der Waals surface area contributed by atoms with E-state index in [-0.39, 0.29) is 46.9 Å². The van der Waals surface area contributed by atoms with E-state index in [1.807, 2.05) is 0 Å². The van der Waals surface area contributed by atoms with E-state index in [1.54, 1.807) is 18.2 Å². The largest absolute Gasteiger partial charge is 1.00 e. The topological polar surface area (TPSA) is 195 Å². The minimum absolute atomic E-state index is 0. The van der Waals surface area contributed by atoms with E-state index in [0.29, 0.717) is 17.8 Å². The summed E-state index contributed by atoms with van der Waals surface area (Å²) in [5.41, 5.74) is -1.95. The van der Waals surface area contributed by atoms with Gasteiger partial charge in [-0.2, -0.15) is 8.42 Å². The Hall–Kier alpha value is -2.31. The summed E-state index contributed by atoms with van der Waals surface area (Å²) in [6.07, 6.45) is 0. The number of rotatable bonds is 6. The molecule has 0 radical (unpaired) electrons. The molecule has 0 fully saturated rings. The van der Waals surface area contributed by atoms with Crippen molar-refractivity contribution < 1.29 is 79.8 Å². The summed E-state index contributed by atoms with van der Waals surface area (Å²) in [5.74, 6) is -2.91. The van der Waals surface area contributed by atoms with Crippen LogP contribution in [0.4, 0.5) is 17.1 Å². The van der Waals surface area contributed by atoms with Crippen molar-refractivity contribution in [3.8, 4) is 5.75 Å². The summed E-state index contributed by atoms with van der Waals surface area (Å²) in [7, 11) is -5.03. The third-order valence-corrected chi connectivity index (χ3v) is 4.23. The van der Waals surface area contributed by atoms with Gasteiger partial charge in [0.25, 0.3) is 21.7 Å². The second-order valence-electron chi connectivity index (χ2n) is 5.47. The number of aromatic hydroxyl groups is 1. The number of benzene rings is 2. The molecule has 2 aromatic rings. The predicted octanol–water partition coefficient (Wildman–Crippen LogP) is -1.14. The Morgan fingerprint density at radius 3 is 2.26 bits per heavy atom. The fourth-order valence-electron chi connectivity index (χ4n) is 2.05.